The van der Waals surface area contributed by atoms with Crippen LogP contribution < -0.4 is 10.6 Å². The van der Waals surface area contributed by atoms with E-state index in [-0.39, 0.29) is 24.0 Å². The molecular formula is C15H31IN4. The number of guanidine groups is 1. The first-order valence-corrected chi connectivity index (χ1v) is 7.84. The topological polar surface area (TPSA) is 39.7 Å². The fraction of sp³-hybridized carbons (Fsp3) is 0.933. The number of nitrogens with one attached hydrogen (secondary N) is 2. The van der Waals surface area contributed by atoms with Gasteiger partial charge in [-0.1, -0.05) is 13.3 Å². The third-order valence-corrected chi connectivity index (χ3v) is 5.20. The molecule has 2 N–H and O–H groups in total. The zero-order valence-electron chi connectivity index (χ0n) is 13.2. The second-order valence-corrected chi connectivity index (χ2v) is 6.29. The minimum Gasteiger partial charge on any atom is -0.356 e. The highest BCUT2D eigenvalue weighted by Crippen LogP contribution is 2.42. The minimum atomic E-state index is 0. The molecule has 4 nitrogen and oxygen atoms in total. The maximum absolute atomic E-state index is 4.35. The molecule has 1 aliphatic carbocycles. The summed E-state index contributed by atoms with van der Waals surface area (Å²) in [6.07, 6.45) is 8.06. The fourth-order valence-corrected chi connectivity index (χ4v) is 3.28. The first kappa shape index (κ1) is 18.0. The van der Waals surface area contributed by atoms with Crippen LogP contribution in [0, 0.1) is 5.41 Å². The normalized spacial score (nSPS) is 25.8. The molecule has 0 aromatic carbocycles. The molecule has 0 bridgehead atoms. The third-order valence-electron chi connectivity index (χ3n) is 5.20. The minimum absolute atomic E-state index is 0. The molecule has 1 unspecified atom stereocenters. The largest absolute Gasteiger partial charge is 0.356 e. The maximum Gasteiger partial charge on any atom is 0.191 e. The molecule has 0 aromatic rings. The molecule has 118 valence electrons. The van der Waals surface area contributed by atoms with E-state index in [1.54, 1.807) is 0 Å². The Kier molecular flexibility index (Phi) is 7.58. The lowest BCUT2D eigenvalue weighted by Crippen LogP contribution is -2.48. The molecule has 0 spiro atoms. The zero-order chi connectivity index (χ0) is 13.7. The molecule has 5 heteroatoms. The van der Waals surface area contributed by atoms with Crippen LogP contribution in [0.3, 0.4) is 0 Å². The van der Waals surface area contributed by atoms with E-state index in [2.05, 4.69) is 34.5 Å². The van der Waals surface area contributed by atoms with Crippen molar-refractivity contribution in [3.8, 4) is 0 Å². The second-order valence-electron chi connectivity index (χ2n) is 6.29. The van der Waals surface area contributed by atoms with Crippen molar-refractivity contribution in [2.45, 2.75) is 51.5 Å². The zero-order valence-corrected chi connectivity index (χ0v) is 15.6. The average molecular weight is 394 g/mol. The van der Waals surface area contributed by atoms with Gasteiger partial charge in [0, 0.05) is 26.2 Å². The van der Waals surface area contributed by atoms with Crippen LogP contribution in [-0.2, 0) is 0 Å². The predicted octanol–water partition coefficient (Wildman–Crippen LogP) is 2.44. The van der Waals surface area contributed by atoms with E-state index >= 15 is 0 Å². The molecule has 1 atom stereocenters. The van der Waals surface area contributed by atoms with Gasteiger partial charge in [0.2, 0.25) is 0 Å². The molecular weight excluding hydrogens is 363 g/mol. The van der Waals surface area contributed by atoms with Gasteiger partial charge in [-0.25, -0.2) is 0 Å². The summed E-state index contributed by atoms with van der Waals surface area (Å²) in [5.41, 5.74) is 0.543. The molecule has 2 aliphatic rings. The second kappa shape index (κ2) is 8.41. The number of nitrogens with zero attached hydrogens (tertiary/aromatic N) is 2. The number of likely N-dealkylation sites (N-methyl/N-ethyl adjacent to an activating group) is 1. The third kappa shape index (κ3) is 4.48. The molecule has 1 aliphatic heterocycles. The summed E-state index contributed by atoms with van der Waals surface area (Å²) in [4.78, 5) is 6.79. The first-order chi connectivity index (χ1) is 9.19. The van der Waals surface area contributed by atoms with E-state index in [0.29, 0.717) is 11.5 Å². The van der Waals surface area contributed by atoms with Gasteiger partial charge >= 0.3 is 0 Å². The average Bonchev–Trinajstić information content (AvgIpc) is 2.78. The Bertz CT molecular complexity index is 309. The van der Waals surface area contributed by atoms with Crippen LogP contribution in [0.15, 0.2) is 4.99 Å². The van der Waals surface area contributed by atoms with E-state index in [4.69, 9.17) is 0 Å². The SMILES string of the molecule is CCC1(CNC(=NC)NCC2CCCN2C)CCC1.I. The van der Waals surface area contributed by atoms with Crippen LogP contribution >= 0.6 is 24.0 Å². The first-order valence-electron chi connectivity index (χ1n) is 7.84. The number of likely N-dealkylation sites (tertiary alicyclic amines) is 1. The molecule has 0 amide bonds. The molecule has 2 rings (SSSR count). The number of rotatable bonds is 5. The number of halogens is 1. The molecule has 0 radical (unpaired) electrons. The summed E-state index contributed by atoms with van der Waals surface area (Å²) in [7, 11) is 4.09. The predicted molar refractivity (Wildman–Crippen MR) is 97.0 cm³/mol. The van der Waals surface area contributed by atoms with Gasteiger partial charge in [0.15, 0.2) is 5.96 Å². The number of aliphatic imine (C=N–C) groups is 1. The fourth-order valence-electron chi connectivity index (χ4n) is 3.28. The summed E-state index contributed by atoms with van der Waals surface area (Å²) in [5, 5.41) is 7.01. The van der Waals surface area contributed by atoms with Crippen LogP contribution in [0.25, 0.3) is 0 Å². The van der Waals surface area contributed by atoms with E-state index in [9.17, 15) is 0 Å². The van der Waals surface area contributed by atoms with E-state index < -0.39 is 0 Å². The van der Waals surface area contributed by atoms with Crippen molar-refractivity contribution in [1.82, 2.24) is 15.5 Å². The summed E-state index contributed by atoms with van der Waals surface area (Å²) in [6, 6.07) is 0.669. The van der Waals surface area contributed by atoms with Gasteiger partial charge in [-0.15, -0.1) is 24.0 Å². The maximum atomic E-state index is 4.35. The van der Waals surface area contributed by atoms with E-state index in [1.807, 2.05) is 7.05 Å². The standard InChI is InChI=1S/C15H30N4.HI/c1-4-15(8-6-9-15)12-18-14(16-2)17-11-13-7-5-10-19(13)3;/h13H,4-12H2,1-3H3,(H2,16,17,18);1H. The van der Waals surface area contributed by atoms with Crippen LogP contribution in [-0.4, -0.2) is 50.6 Å². The number of hydrogen-bond acceptors (Lipinski definition) is 2. The Balaban J connectivity index is 0.00000200. The lowest BCUT2D eigenvalue weighted by atomic mass is 9.67. The molecule has 2 fully saturated rings. The lowest BCUT2D eigenvalue weighted by Gasteiger charge is -2.41. The van der Waals surface area contributed by atoms with Gasteiger partial charge in [-0.2, -0.15) is 0 Å². The summed E-state index contributed by atoms with van der Waals surface area (Å²) >= 11 is 0. The molecule has 1 saturated carbocycles. The van der Waals surface area contributed by atoms with Crippen LogP contribution in [0.4, 0.5) is 0 Å². The van der Waals surface area contributed by atoms with Crippen molar-refractivity contribution in [1.29, 1.82) is 0 Å². The quantitative estimate of drug-likeness (QED) is 0.428. The number of hydrogen-bond donors (Lipinski definition) is 2. The van der Waals surface area contributed by atoms with Gasteiger partial charge in [-0.05, 0) is 51.1 Å². The van der Waals surface area contributed by atoms with Crippen molar-refractivity contribution in [2.24, 2.45) is 10.4 Å². The summed E-state index contributed by atoms with van der Waals surface area (Å²) in [6.45, 7) is 5.63. The molecule has 1 heterocycles. The van der Waals surface area contributed by atoms with Crippen LogP contribution in [0.5, 0.6) is 0 Å². The van der Waals surface area contributed by atoms with Crippen LogP contribution in [0.2, 0.25) is 0 Å². The lowest BCUT2D eigenvalue weighted by molar-refractivity contribution is 0.131. The Morgan fingerprint density at radius 2 is 2.05 bits per heavy atom. The smallest absolute Gasteiger partial charge is 0.191 e. The van der Waals surface area contributed by atoms with Gasteiger partial charge in [-0.3, -0.25) is 4.99 Å². The highest BCUT2D eigenvalue weighted by atomic mass is 127. The summed E-state index contributed by atoms with van der Waals surface area (Å²) in [5.74, 6) is 0.972. The molecule has 20 heavy (non-hydrogen) atoms. The van der Waals surface area contributed by atoms with Gasteiger partial charge in [0.1, 0.15) is 0 Å². The van der Waals surface area contributed by atoms with Crippen molar-refractivity contribution in [3.63, 3.8) is 0 Å². The van der Waals surface area contributed by atoms with Gasteiger partial charge in [0.05, 0.1) is 0 Å². The monoisotopic (exact) mass is 394 g/mol. The Labute approximate surface area is 141 Å². The van der Waals surface area contributed by atoms with Crippen molar-refractivity contribution in [3.05, 3.63) is 0 Å². The Morgan fingerprint density at radius 3 is 2.50 bits per heavy atom. The molecule has 0 aromatic heterocycles. The summed E-state index contributed by atoms with van der Waals surface area (Å²) < 4.78 is 0. The molecule has 1 saturated heterocycles. The highest BCUT2D eigenvalue weighted by Gasteiger charge is 2.34. The van der Waals surface area contributed by atoms with Gasteiger partial charge in [0.25, 0.3) is 0 Å². The van der Waals surface area contributed by atoms with E-state index in [0.717, 1.165) is 19.0 Å². The van der Waals surface area contributed by atoms with Crippen LogP contribution in [0.1, 0.15) is 45.4 Å². The van der Waals surface area contributed by atoms with Crippen molar-refractivity contribution in [2.75, 3.05) is 33.7 Å². The van der Waals surface area contributed by atoms with E-state index in [1.165, 1.54) is 45.1 Å². The highest BCUT2D eigenvalue weighted by molar-refractivity contribution is 14.0. The van der Waals surface area contributed by atoms with Crippen molar-refractivity contribution < 1.29 is 0 Å². The van der Waals surface area contributed by atoms with Crippen molar-refractivity contribution >= 4 is 29.9 Å². The Hall–Kier alpha value is -0.0400. The Morgan fingerprint density at radius 1 is 1.30 bits per heavy atom. The van der Waals surface area contributed by atoms with Gasteiger partial charge < -0.3 is 15.5 Å².